The third kappa shape index (κ3) is 2.98. The highest BCUT2D eigenvalue weighted by Gasteiger charge is 2.35. The highest BCUT2D eigenvalue weighted by molar-refractivity contribution is 7.15. The number of nitrogens with zero attached hydrogens (tertiary/aromatic N) is 2. The average molecular weight is 308 g/mol. The van der Waals surface area contributed by atoms with Crippen LogP contribution in [0.5, 0.6) is 0 Å². The van der Waals surface area contributed by atoms with Crippen LogP contribution in [0, 0.1) is 5.92 Å². The maximum Gasteiger partial charge on any atom is 0.186 e. The predicted molar refractivity (Wildman–Crippen MR) is 89.1 cm³/mol. The molecule has 0 radical (unpaired) electrons. The Hall–Kier alpha value is -0.610. The molecule has 2 heterocycles. The van der Waals surface area contributed by atoms with Gasteiger partial charge in [0.25, 0.3) is 0 Å². The fraction of sp³-hybridized carbons (Fsp3) is 0.824. The number of aliphatic hydroxyl groups excluding tert-OH is 1. The number of anilines is 1. The molecule has 0 aromatic carbocycles. The first kappa shape index (κ1) is 15.3. The van der Waals surface area contributed by atoms with E-state index < -0.39 is 0 Å². The maximum absolute atomic E-state index is 9.66. The van der Waals surface area contributed by atoms with Crippen LogP contribution in [-0.2, 0) is 6.61 Å². The number of aromatic nitrogens is 1. The van der Waals surface area contributed by atoms with Crippen LogP contribution in [-0.4, -0.2) is 22.7 Å². The van der Waals surface area contributed by atoms with E-state index >= 15 is 0 Å². The largest absolute Gasteiger partial charge is 0.391 e. The molecular formula is C17H28N2OS. The lowest BCUT2D eigenvalue weighted by molar-refractivity contribution is 0.243. The molecule has 1 saturated carbocycles. The zero-order valence-corrected chi connectivity index (χ0v) is 14.2. The van der Waals surface area contributed by atoms with Crippen molar-refractivity contribution in [1.82, 2.24) is 4.98 Å². The lowest BCUT2D eigenvalue weighted by Crippen LogP contribution is -2.46. The molecule has 1 aromatic rings. The van der Waals surface area contributed by atoms with Crippen molar-refractivity contribution < 1.29 is 5.11 Å². The first-order valence-electron chi connectivity index (χ1n) is 8.61. The fourth-order valence-electron chi connectivity index (χ4n) is 4.03. The summed E-state index contributed by atoms with van der Waals surface area (Å²) in [6.45, 7) is 5.71. The van der Waals surface area contributed by atoms with Crippen LogP contribution in [0.3, 0.4) is 0 Å². The highest BCUT2D eigenvalue weighted by Crippen LogP contribution is 2.40. The Kier molecular flexibility index (Phi) is 4.85. The molecule has 1 N–H and O–H groups in total. The van der Waals surface area contributed by atoms with Crippen molar-refractivity contribution in [2.24, 2.45) is 5.92 Å². The Morgan fingerprint density at radius 1 is 1.29 bits per heavy atom. The van der Waals surface area contributed by atoms with Gasteiger partial charge in [0.05, 0.1) is 17.2 Å². The van der Waals surface area contributed by atoms with Crippen molar-refractivity contribution in [2.75, 3.05) is 11.4 Å². The minimum atomic E-state index is 0.138. The summed E-state index contributed by atoms with van der Waals surface area (Å²) >= 11 is 1.73. The fourth-order valence-corrected chi connectivity index (χ4v) is 5.15. The van der Waals surface area contributed by atoms with Gasteiger partial charge in [-0.05, 0) is 43.9 Å². The summed E-state index contributed by atoms with van der Waals surface area (Å²) in [4.78, 5) is 8.60. The molecule has 3 rings (SSSR count). The lowest BCUT2D eigenvalue weighted by atomic mass is 9.78. The van der Waals surface area contributed by atoms with Gasteiger partial charge in [-0.2, -0.15) is 0 Å². The quantitative estimate of drug-likeness (QED) is 0.900. The summed E-state index contributed by atoms with van der Waals surface area (Å²) in [7, 11) is 0. The Bertz CT molecular complexity index is 471. The van der Waals surface area contributed by atoms with E-state index in [1.807, 2.05) is 0 Å². The van der Waals surface area contributed by atoms with E-state index in [1.165, 1.54) is 43.7 Å². The van der Waals surface area contributed by atoms with Gasteiger partial charge in [0.1, 0.15) is 0 Å². The van der Waals surface area contributed by atoms with Gasteiger partial charge in [-0.25, -0.2) is 4.98 Å². The molecule has 0 bridgehead atoms. The van der Waals surface area contributed by atoms with Crippen LogP contribution in [0.15, 0.2) is 0 Å². The van der Waals surface area contributed by atoms with E-state index in [4.69, 9.17) is 4.98 Å². The minimum Gasteiger partial charge on any atom is -0.391 e. The van der Waals surface area contributed by atoms with Gasteiger partial charge in [0.15, 0.2) is 5.13 Å². The third-order valence-corrected chi connectivity index (χ3v) is 6.52. The van der Waals surface area contributed by atoms with Crippen LogP contribution in [0.25, 0.3) is 0 Å². The number of aliphatic hydroxyl groups is 1. The van der Waals surface area contributed by atoms with E-state index in [0.717, 1.165) is 29.5 Å². The number of hydrogen-bond donors (Lipinski definition) is 1. The van der Waals surface area contributed by atoms with Gasteiger partial charge < -0.3 is 10.0 Å². The second kappa shape index (κ2) is 6.66. The first-order chi connectivity index (χ1) is 10.2. The van der Waals surface area contributed by atoms with Crippen molar-refractivity contribution in [3.05, 3.63) is 10.6 Å². The molecule has 0 amide bonds. The van der Waals surface area contributed by atoms with Crippen LogP contribution >= 0.6 is 11.3 Å². The van der Waals surface area contributed by atoms with Crippen molar-refractivity contribution in [3.63, 3.8) is 0 Å². The van der Waals surface area contributed by atoms with E-state index in [9.17, 15) is 5.11 Å². The molecule has 4 heteroatoms. The molecule has 2 aliphatic rings. The highest BCUT2D eigenvalue weighted by atomic mass is 32.1. The van der Waals surface area contributed by atoms with Gasteiger partial charge in [0, 0.05) is 12.6 Å². The third-order valence-electron chi connectivity index (χ3n) is 5.43. The zero-order chi connectivity index (χ0) is 14.8. The maximum atomic E-state index is 9.66. The number of fused-ring (bicyclic) bond motifs is 1. The summed E-state index contributed by atoms with van der Waals surface area (Å²) in [5.41, 5.74) is 1.14. The first-order valence-corrected chi connectivity index (χ1v) is 9.43. The second-order valence-electron chi connectivity index (χ2n) is 6.72. The van der Waals surface area contributed by atoms with Gasteiger partial charge in [-0.3, -0.25) is 0 Å². The summed E-state index contributed by atoms with van der Waals surface area (Å²) in [6, 6.07) is 0.704. The average Bonchev–Trinajstić information content (AvgIpc) is 2.97. The normalized spacial score (nSPS) is 27.5. The number of piperidine rings is 1. The molecule has 118 valence electrons. The summed E-state index contributed by atoms with van der Waals surface area (Å²) < 4.78 is 0. The van der Waals surface area contributed by atoms with Gasteiger partial charge in [0.2, 0.25) is 0 Å². The lowest BCUT2D eigenvalue weighted by Gasteiger charge is -2.44. The van der Waals surface area contributed by atoms with Crippen LogP contribution in [0.2, 0.25) is 0 Å². The second-order valence-corrected chi connectivity index (χ2v) is 7.78. The molecule has 3 atom stereocenters. The van der Waals surface area contributed by atoms with Crippen molar-refractivity contribution in [3.8, 4) is 0 Å². The molecule has 2 fully saturated rings. The topological polar surface area (TPSA) is 36.4 Å². The van der Waals surface area contributed by atoms with Crippen LogP contribution < -0.4 is 4.90 Å². The Balaban J connectivity index is 1.86. The van der Waals surface area contributed by atoms with E-state index in [2.05, 4.69) is 18.7 Å². The van der Waals surface area contributed by atoms with Crippen molar-refractivity contribution in [2.45, 2.75) is 77.4 Å². The Morgan fingerprint density at radius 2 is 2.05 bits per heavy atom. The van der Waals surface area contributed by atoms with Crippen LogP contribution in [0.1, 0.15) is 75.3 Å². The summed E-state index contributed by atoms with van der Waals surface area (Å²) in [5.74, 6) is 1.32. The Labute approximate surface area is 132 Å². The van der Waals surface area contributed by atoms with Crippen molar-refractivity contribution in [1.29, 1.82) is 0 Å². The predicted octanol–water partition coefficient (Wildman–Crippen LogP) is 4.31. The number of hydrogen-bond acceptors (Lipinski definition) is 4. The summed E-state index contributed by atoms with van der Waals surface area (Å²) in [6.07, 6.45) is 9.30. The molecule has 3 unspecified atom stereocenters. The van der Waals surface area contributed by atoms with Gasteiger partial charge in [-0.15, -0.1) is 0 Å². The number of thiazole rings is 1. The van der Waals surface area contributed by atoms with Crippen LogP contribution in [0.4, 0.5) is 5.13 Å². The van der Waals surface area contributed by atoms with E-state index in [-0.39, 0.29) is 6.61 Å². The molecule has 3 nitrogen and oxygen atoms in total. The smallest absolute Gasteiger partial charge is 0.186 e. The summed E-state index contributed by atoms with van der Waals surface area (Å²) in [5, 5.41) is 10.8. The van der Waals surface area contributed by atoms with Crippen molar-refractivity contribution >= 4 is 16.5 Å². The molecule has 21 heavy (non-hydrogen) atoms. The molecule has 0 spiro atoms. The standard InChI is InChI=1S/C17H28N2OS/c1-3-12(2)16-15(11-20)21-17(18-16)19-10-6-8-13-7-4-5-9-14(13)19/h12-14,20H,3-11H2,1-2H3. The number of rotatable bonds is 4. The monoisotopic (exact) mass is 308 g/mol. The Morgan fingerprint density at radius 3 is 2.81 bits per heavy atom. The van der Waals surface area contributed by atoms with Gasteiger partial charge in [-0.1, -0.05) is 38.0 Å². The minimum absolute atomic E-state index is 0.138. The molecule has 1 aromatic heterocycles. The molecule has 1 aliphatic heterocycles. The zero-order valence-electron chi connectivity index (χ0n) is 13.3. The molecule has 1 saturated heterocycles. The SMILES string of the molecule is CCC(C)c1nc(N2CCCC3CCCCC32)sc1CO. The molecular weight excluding hydrogens is 280 g/mol. The van der Waals surface area contributed by atoms with E-state index in [0.29, 0.717) is 12.0 Å². The molecule has 1 aliphatic carbocycles. The van der Waals surface area contributed by atoms with Gasteiger partial charge >= 0.3 is 0 Å². The van der Waals surface area contributed by atoms with E-state index in [1.54, 1.807) is 11.3 Å².